The van der Waals surface area contributed by atoms with E-state index >= 15 is 0 Å². The molecule has 1 atom stereocenters. The Balaban J connectivity index is 1.55. The number of amides is 1. The lowest BCUT2D eigenvalue weighted by atomic mass is 9.82. The van der Waals surface area contributed by atoms with E-state index in [1.165, 1.54) is 17.0 Å². The highest BCUT2D eigenvalue weighted by Gasteiger charge is 2.40. The molecule has 2 heterocycles. The van der Waals surface area contributed by atoms with Gasteiger partial charge < -0.3 is 29.5 Å². The van der Waals surface area contributed by atoms with E-state index in [0.717, 1.165) is 22.9 Å². The first-order chi connectivity index (χ1) is 21.2. The Kier molecular flexibility index (Phi) is 9.14. The van der Waals surface area contributed by atoms with Crippen molar-refractivity contribution in [3.8, 4) is 11.5 Å². The zero-order valence-corrected chi connectivity index (χ0v) is 24.6. The lowest BCUT2D eigenvalue weighted by Crippen LogP contribution is -2.45. The van der Waals surface area contributed by atoms with Gasteiger partial charge in [-0.3, -0.25) is 4.98 Å². The summed E-state index contributed by atoms with van der Waals surface area (Å²) in [6, 6.07) is 16.3. The molecule has 1 fully saturated rings. The van der Waals surface area contributed by atoms with Gasteiger partial charge in [0.25, 0.3) is 6.43 Å². The lowest BCUT2D eigenvalue weighted by molar-refractivity contribution is -0.0598. The van der Waals surface area contributed by atoms with Crippen LogP contribution in [0.15, 0.2) is 66.9 Å². The summed E-state index contributed by atoms with van der Waals surface area (Å²) in [6.07, 6.45) is -1.53. The number of anilines is 1. The number of halogens is 3. The topological polar surface area (TPSA) is 93.2 Å². The van der Waals surface area contributed by atoms with E-state index in [9.17, 15) is 23.1 Å². The Hall–Kier alpha value is -4.51. The molecule has 232 valence electrons. The van der Waals surface area contributed by atoms with Crippen LogP contribution in [-0.4, -0.2) is 48.4 Å². The molecule has 11 heteroatoms. The second-order valence-electron chi connectivity index (χ2n) is 10.7. The van der Waals surface area contributed by atoms with Gasteiger partial charge in [-0.1, -0.05) is 30.3 Å². The SMILES string of the molecule is COc1ccc(COc2cc3nccc(NC(C)c4cccc(C(F)F)c4F)c3cc2C2(OC)CCN(C(=O)O)CC2)cc1. The number of hydrogen-bond acceptors (Lipinski definition) is 6. The van der Waals surface area contributed by atoms with Gasteiger partial charge in [0.2, 0.25) is 0 Å². The first kappa shape index (κ1) is 30.9. The summed E-state index contributed by atoms with van der Waals surface area (Å²) >= 11 is 0. The average Bonchev–Trinajstić information content (AvgIpc) is 3.03. The minimum absolute atomic E-state index is 0.113. The highest BCUT2D eigenvalue weighted by Crippen LogP contribution is 2.44. The Morgan fingerprint density at radius 3 is 2.41 bits per heavy atom. The van der Waals surface area contributed by atoms with Gasteiger partial charge in [-0.05, 0) is 49.6 Å². The number of carboxylic acid groups (broad SMARTS) is 1. The minimum atomic E-state index is -2.93. The van der Waals surface area contributed by atoms with Gasteiger partial charge in [0.1, 0.15) is 23.9 Å². The predicted octanol–water partition coefficient (Wildman–Crippen LogP) is 7.69. The summed E-state index contributed by atoms with van der Waals surface area (Å²) in [6.45, 7) is 2.49. The van der Waals surface area contributed by atoms with E-state index in [-0.39, 0.29) is 25.3 Å². The number of nitrogens with one attached hydrogen (secondary N) is 1. The molecule has 8 nitrogen and oxygen atoms in total. The van der Waals surface area contributed by atoms with Crippen LogP contribution in [0.2, 0.25) is 0 Å². The number of alkyl halides is 2. The average molecular weight is 610 g/mol. The van der Waals surface area contributed by atoms with E-state index in [1.807, 2.05) is 36.4 Å². The molecule has 44 heavy (non-hydrogen) atoms. The van der Waals surface area contributed by atoms with Gasteiger partial charge in [-0.25, -0.2) is 18.0 Å². The summed E-state index contributed by atoms with van der Waals surface area (Å²) in [5.41, 5.74) is 1.45. The molecule has 1 amide bonds. The molecule has 1 aliphatic rings. The van der Waals surface area contributed by atoms with Crippen molar-refractivity contribution >= 4 is 22.7 Å². The molecular weight excluding hydrogens is 575 g/mol. The summed E-state index contributed by atoms with van der Waals surface area (Å²) in [4.78, 5) is 17.6. The van der Waals surface area contributed by atoms with Crippen molar-refractivity contribution in [2.75, 3.05) is 32.6 Å². The Morgan fingerprint density at radius 1 is 1.07 bits per heavy atom. The maximum absolute atomic E-state index is 15.0. The van der Waals surface area contributed by atoms with Crippen molar-refractivity contribution in [1.82, 2.24) is 9.88 Å². The number of carbonyl (C=O) groups is 1. The molecule has 1 aliphatic heterocycles. The summed E-state index contributed by atoms with van der Waals surface area (Å²) in [5, 5.41) is 13.5. The van der Waals surface area contributed by atoms with Gasteiger partial charge in [-0.2, -0.15) is 0 Å². The third-order valence-corrected chi connectivity index (χ3v) is 8.25. The molecule has 0 bridgehead atoms. The van der Waals surface area contributed by atoms with Gasteiger partial charge in [0.05, 0.1) is 29.8 Å². The standard InChI is InChI=1S/C33H34F3N3O5/c1-20(23-5-4-6-24(30(23)34)31(35)36)38-27-11-14-37-28-18-29(44-19-21-7-9-22(42-2)10-8-21)26(17-25(27)28)33(43-3)12-15-39(16-13-33)32(40)41/h4-11,14,17-18,20,31H,12-13,15-16,19H2,1-3H3,(H,37,38)(H,40,41). The van der Waals surface area contributed by atoms with Crippen molar-refractivity contribution < 1.29 is 37.3 Å². The third-order valence-electron chi connectivity index (χ3n) is 8.25. The van der Waals surface area contributed by atoms with Crippen molar-refractivity contribution in [3.63, 3.8) is 0 Å². The molecular formula is C33H34F3N3O5. The molecule has 1 aromatic heterocycles. The molecule has 5 rings (SSSR count). The maximum Gasteiger partial charge on any atom is 0.407 e. The number of likely N-dealkylation sites (tertiary alicyclic amines) is 1. The van der Waals surface area contributed by atoms with Crippen molar-refractivity contribution in [2.45, 2.75) is 44.4 Å². The lowest BCUT2D eigenvalue weighted by Gasteiger charge is -2.41. The van der Waals surface area contributed by atoms with Crippen LogP contribution in [0.25, 0.3) is 10.9 Å². The highest BCUT2D eigenvalue weighted by molar-refractivity contribution is 5.93. The molecule has 0 aliphatic carbocycles. The fraction of sp³-hybridized carbons (Fsp3) is 0.333. The summed E-state index contributed by atoms with van der Waals surface area (Å²) in [7, 11) is 3.19. The Labute approximate surface area is 253 Å². The van der Waals surface area contributed by atoms with Crippen LogP contribution < -0.4 is 14.8 Å². The van der Waals surface area contributed by atoms with E-state index in [2.05, 4.69) is 10.3 Å². The fourth-order valence-electron chi connectivity index (χ4n) is 5.68. The quantitative estimate of drug-likeness (QED) is 0.190. The Bertz CT molecular complexity index is 1630. The minimum Gasteiger partial charge on any atom is -0.497 e. The summed E-state index contributed by atoms with van der Waals surface area (Å²) < 4.78 is 59.5. The van der Waals surface area contributed by atoms with E-state index < -0.39 is 35.5 Å². The molecule has 2 N–H and O–H groups in total. The van der Waals surface area contributed by atoms with Gasteiger partial charge in [-0.15, -0.1) is 0 Å². The summed E-state index contributed by atoms with van der Waals surface area (Å²) in [5.74, 6) is 0.314. The number of pyridine rings is 1. The van der Waals surface area contributed by atoms with Gasteiger partial charge in [0.15, 0.2) is 0 Å². The van der Waals surface area contributed by atoms with E-state index in [0.29, 0.717) is 35.2 Å². The molecule has 0 spiro atoms. The highest BCUT2D eigenvalue weighted by atomic mass is 19.3. The number of nitrogens with zero attached hydrogens (tertiary/aromatic N) is 2. The van der Waals surface area contributed by atoms with Crippen molar-refractivity contribution in [1.29, 1.82) is 0 Å². The number of piperidine rings is 1. The predicted molar refractivity (Wildman–Crippen MR) is 160 cm³/mol. The smallest absolute Gasteiger partial charge is 0.407 e. The molecule has 1 saturated heterocycles. The van der Waals surface area contributed by atoms with Crippen molar-refractivity contribution in [2.24, 2.45) is 0 Å². The van der Waals surface area contributed by atoms with Crippen LogP contribution in [0.1, 0.15) is 54.5 Å². The zero-order valence-electron chi connectivity index (χ0n) is 24.6. The van der Waals surface area contributed by atoms with Crippen LogP contribution in [0.4, 0.5) is 23.7 Å². The number of rotatable bonds is 10. The molecule has 0 radical (unpaired) electrons. The van der Waals surface area contributed by atoms with Gasteiger partial charge in [0, 0.05) is 54.7 Å². The molecule has 4 aromatic rings. The molecule has 1 unspecified atom stereocenters. The number of fused-ring (bicyclic) bond motifs is 1. The second-order valence-corrected chi connectivity index (χ2v) is 10.7. The largest absolute Gasteiger partial charge is 0.497 e. The van der Waals surface area contributed by atoms with Gasteiger partial charge >= 0.3 is 6.09 Å². The van der Waals surface area contributed by atoms with Crippen LogP contribution >= 0.6 is 0 Å². The molecule has 3 aromatic carbocycles. The third kappa shape index (κ3) is 6.23. The number of hydrogen-bond donors (Lipinski definition) is 2. The van der Waals surface area contributed by atoms with Crippen LogP contribution in [0, 0.1) is 5.82 Å². The van der Waals surface area contributed by atoms with Crippen LogP contribution in [-0.2, 0) is 16.9 Å². The number of ether oxygens (including phenoxy) is 3. The number of methoxy groups -OCH3 is 2. The number of benzene rings is 3. The van der Waals surface area contributed by atoms with Crippen molar-refractivity contribution in [3.05, 3.63) is 94.9 Å². The molecule has 0 saturated carbocycles. The maximum atomic E-state index is 15.0. The zero-order chi connectivity index (χ0) is 31.4. The first-order valence-electron chi connectivity index (χ1n) is 14.2. The second kappa shape index (κ2) is 13.0. The van der Waals surface area contributed by atoms with Crippen LogP contribution in [0.5, 0.6) is 11.5 Å². The van der Waals surface area contributed by atoms with Crippen LogP contribution in [0.3, 0.4) is 0 Å². The van der Waals surface area contributed by atoms with E-state index in [1.54, 1.807) is 33.4 Å². The monoisotopic (exact) mass is 609 g/mol. The number of aromatic nitrogens is 1. The van der Waals surface area contributed by atoms with E-state index in [4.69, 9.17) is 14.2 Å². The Morgan fingerprint density at radius 2 is 1.77 bits per heavy atom. The fourth-order valence-corrected chi connectivity index (χ4v) is 5.68. The normalized spacial score (nSPS) is 15.3. The first-order valence-corrected chi connectivity index (χ1v) is 14.2.